The van der Waals surface area contributed by atoms with Gasteiger partial charge in [-0.05, 0) is 30.3 Å². The number of rotatable bonds is 3. The van der Waals surface area contributed by atoms with E-state index in [1.54, 1.807) is 24.3 Å². The number of hydrogen-bond acceptors (Lipinski definition) is 3. The zero-order chi connectivity index (χ0) is 13.8. The van der Waals surface area contributed by atoms with Crippen molar-refractivity contribution in [3.8, 4) is 0 Å². The molecule has 0 atom stereocenters. The van der Waals surface area contributed by atoms with Gasteiger partial charge >= 0.3 is 0 Å². The lowest BCUT2D eigenvalue weighted by molar-refractivity contribution is 0.102. The van der Waals surface area contributed by atoms with E-state index in [-0.39, 0.29) is 10.9 Å². The molecule has 0 saturated heterocycles. The van der Waals surface area contributed by atoms with Gasteiger partial charge < -0.3 is 10.7 Å². The van der Waals surface area contributed by atoms with Gasteiger partial charge in [0.1, 0.15) is 5.82 Å². The van der Waals surface area contributed by atoms with Gasteiger partial charge in [0.15, 0.2) is 0 Å². The molecule has 6 heteroatoms. The molecule has 19 heavy (non-hydrogen) atoms. The van der Waals surface area contributed by atoms with Gasteiger partial charge in [-0.1, -0.05) is 23.7 Å². The topological polar surface area (TPSA) is 67.1 Å². The van der Waals surface area contributed by atoms with E-state index in [2.05, 4.69) is 10.7 Å². The van der Waals surface area contributed by atoms with Gasteiger partial charge in [-0.15, -0.1) is 0 Å². The molecule has 0 aromatic heterocycles. The van der Waals surface area contributed by atoms with Gasteiger partial charge in [-0.2, -0.15) is 0 Å². The minimum Gasteiger partial charge on any atom is -0.323 e. The second kappa shape index (κ2) is 5.69. The summed E-state index contributed by atoms with van der Waals surface area (Å²) in [6, 6.07) is 10.7. The van der Waals surface area contributed by atoms with Crippen LogP contribution in [0.25, 0.3) is 0 Å². The van der Waals surface area contributed by atoms with Crippen LogP contribution in [0.2, 0.25) is 5.02 Å². The van der Waals surface area contributed by atoms with E-state index in [9.17, 15) is 9.18 Å². The van der Waals surface area contributed by atoms with E-state index in [1.807, 2.05) is 0 Å². The number of benzene rings is 2. The van der Waals surface area contributed by atoms with Gasteiger partial charge in [0.2, 0.25) is 0 Å². The summed E-state index contributed by atoms with van der Waals surface area (Å²) in [6.45, 7) is 0. The average molecular weight is 280 g/mol. The number of anilines is 2. The summed E-state index contributed by atoms with van der Waals surface area (Å²) in [4.78, 5) is 12.0. The van der Waals surface area contributed by atoms with E-state index in [4.69, 9.17) is 17.4 Å². The van der Waals surface area contributed by atoms with Crippen molar-refractivity contribution < 1.29 is 9.18 Å². The third-order valence-electron chi connectivity index (χ3n) is 2.50. The zero-order valence-electron chi connectivity index (χ0n) is 9.78. The molecule has 2 rings (SSSR count). The lowest BCUT2D eigenvalue weighted by Crippen LogP contribution is -2.17. The number of hydrogen-bond donors (Lipinski definition) is 3. The molecule has 98 valence electrons. The summed E-state index contributed by atoms with van der Waals surface area (Å²) in [7, 11) is 0. The smallest absolute Gasteiger partial charge is 0.257 e. The predicted octanol–water partition coefficient (Wildman–Crippen LogP) is 3.02. The predicted molar refractivity (Wildman–Crippen MR) is 73.6 cm³/mol. The van der Waals surface area contributed by atoms with Gasteiger partial charge in [-0.3, -0.25) is 10.6 Å². The van der Waals surface area contributed by atoms with Gasteiger partial charge in [0.25, 0.3) is 5.91 Å². The Kier molecular flexibility index (Phi) is 3.99. The van der Waals surface area contributed by atoms with Crippen LogP contribution in [0.5, 0.6) is 0 Å². The fraction of sp³-hybridized carbons (Fsp3) is 0. The Morgan fingerprint density at radius 3 is 2.63 bits per heavy atom. The first-order valence-electron chi connectivity index (χ1n) is 5.44. The molecule has 4 nitrogen and oxygen atoms in total. The Morgan fingerprint density at radius 1 is 1.21 bits per heavy atom. The molecule has 0 spiro atoms. The SMILES string of the molecule is NNc1ccccc1C(=O)Nc1ccc(F)c(Cl)c1. The molecule has 0 aliphatic carbocycles. The normalized spacial score (nSPS) is 10.1. The summed E-state index contributed by atoms with van der Waals surface area (Å²) >= 11 is 5.64. The molecule has 0 unspecified atom stereocenters. The monoisotopic (exact) mass is 279 g/mol. The van der Waals surface area contributed by atoms with Crippen LogP contribution in [-0.2, 0) is 0 Å². The fourth-order valence-corrected chi connectivity index (χ4v) is 1.76. The van der Waals surface area contributed by atoms with Crippen molar-refractivity contribution in [2.24, 2.45) is 5.84 Å². The zero-order valence-corrected chi connectivity index (χ0v) is 10.5. The number of nitrogens with one attached hydrogen (secondary N) is 2. The maximum absolute atomic E-state index is 13.0. The molecule has 0 radical (unpaired) electrons. The first-order valence-corrected chi connectivity index (χ1v) is 5.81. The average Bonchev–Trinajstić information content (AvgIpc) is 2.43. The molecular formula is C13H11ClFN3O. The van der Waals surface area contributed by atoms with Gasteiger partial charge in [-0.25, -0.2) is 4.39 Å². The summed E-state index contributed by atoms with van der Waals surface area (Å²) < 4.78 is 13.0. The van der Waals surface area contributed by atoms with Crippen LogP contribution in [0.3, 0.4) is 0 Å². The van der Waals surface area contributed by atoms with Crippen LogP contribution in [0.15, 0.2) is 42.5 Å². The van der Waals surface area contributed by atoms with Crippen molar-refractivity contribution in [3.05, 3.63) is 58.9 Å². The molecule has 0 fully saturated rings. The molecule has 2 aromatic carbocycles. The summed E-state index contributed by atoms with van der Waals surface area (Å²) in [6.07, 6.45) is 0. The minimum absolute atomic E-state index is 0.0527. The molecule has 2 aromatic rings. The summed E-state index contributed by atoms with van der Waals surface area (Å²) in [5, 5.41) is 2.56. The number of nitrogens with two attached hydrogens (primary N) is 1. The van der Waals surface area contributed by atoms with Crippen LogP contribution in [0.1, 0.15) is 10.4 Å². The van der Waals surface area contributed by atoms with Crippen molar-refractivity contribution in [2.45, 2.75) is 0 Å². The third-order valence-corrected chi connectivity index (χ3v) is 2.79. The highest BCUT2D eigenvalue weighted by Gasteiger charge is 2.11. The highest BCUT2D eigenvalue weighted by atomic mass is 35.5. The van der Waals surface area contributed by atoms with Gasteiger partial charge in [0, 0.05) is 5.69 Å². The minimum atomic E-state index is -0.538. The lowest BCUT2D eigenvalue weighted by atomic mass is 10.1. The first-order chi connectivity index (χ1) is 9.11. The first kappa shape index (κ1) is 13.3. The van der Waals surface area contributed by atoms with Gasteiger partial charge in [0.05, 0.1) is 16.3 Å². The van der Waals surface area contributed by atoms with Crippen LogP contribution < -0.4 is 16.6 Å². The van der Waals surface area contributed by atoms with E-state index < -0.39 is 5.82 Å². The standard InChI is InChI=1S/C13H11ClFN3O/c14-10-7-8(5-6-11(10)15)17-13(19)9-3-1-2-4-12(9)18-16/h1-7,18H,16H2,(H,17,19). The Hall–Kier alpha value is -2.11. The number of hydrazine groups is 1. The summed E-state index contributed by atoms with van der Waals surface area (Å²) in [5.41, 5.74) is 3.72. The summed E-state index contributed by atoms with van der Waals surface area (Å²) in [5.74, 6) is 4.42. The Balaban J connectivity index is 2.23. The maximum Gasteiger partial charge on any atom is 0.257 e. The van der Waals surface area contributed by atoms with Crippen LogP contribution in [0, 0.1) is 5.82 Å². The van der Waals surface area contributed by atoms with Crippen LogP contribution in [0.4, 0.5) is 15.8 Å². The van der Waals surface area contributed by atoms with Crippen LogP contribution in [-0.4, -0.2) is 5.91 Å². The number of carbonyl (C=O) groups is 1. The van der Waals surface area contributed by atoms with Crippen molar-refractivity contribution in [2.75, 3.05) is 10.7 Å². The maximum atomic E-state index is 13.0. The fourth-order valence-electron chi connectivity index (χ4n) is 1.58. The second-order valence-corrected chi connectivity index (χ2v) is 4.18. The molecule has 0 aliphatic rings. The Labute approximate surface area is 114 Å². The van der Waals surface area contributed by atoms with Crippen molar-refractivity contribution in [1.29, 1.82) is 0 Å². The number of nitrogen functional groups attached to an aromatic ring is 1. The lowest BCUT2D eigenvalue weighted by Gasteiger charge is -2.09. The Morgan fingerprint density at radius 2 is 1.95 bits per heavy atom. The van der Waals surface area contributed by atoms with Crippen molar-refractivity contribution in [3.63, 3.8) is 0 Å². The molecule has 0 bridgehead atoms. The van der Waals surface area contributed by atoms with E-state index in [0.717, 1.165) is 0 Å². The molecular weight excluding hydrogens is 269 g/mol. The highest BCUT2D eigenvalue weighted by molar-refractivity contribution is 6.31. The number of carbonyl (C=O) groups excluding carboxylic acids is 1. The number of amides is 1. The molecule has 0 saturated carbocycles. The molecule has 0 heterocycles. The molecule has 4 N–H and O–H groups in total. The Bertz CT molecular complexity index is 619. The van der Waals surface area contributed by atoms with Crippen LogP contribution >= 0.6 is 11.6 Å². The van der Waals surface area contributed by atoms with Crippen molar-refractivity contribution in [1.82, 2.24) is 0 Å². The molecule has 1 amide bonds. The number of halogens is 2. The van der Waals surface area contributed by atoms with E-state index in [0.29, 0.717) is 16.9 Å². The third kappa shape index (κ3) is 3.01. The van der Waals surface area contributed by atoms with E-state index in [1.165, 1.54) is 18.2 Å². The second-order valence-electron chi connectivity index (χ2n) is 3.77. The van der Waals surface area contributed by atoms with Crippen molar-refractivity contribution >= 4 is 28.9 Å². The van der Waals surface area contributed by atoms with E-state index >= 15 is 0 Å². The largest absolute Gasteiger partial charge is 0.323 e. The number of para-hydroxylation sites is 1. The molecule has 0 aliphatic heterocycles. The quantitative estimate of drug-likeness (QED) is 0.598. The highest BCUT2D eigenvalue weighted by Crippen LogP contribution is 2.21.